The lowest BCUT2D eigenvalue weighted by Crippen LogP contribution is -2.24. The topological polar surface area (TPSA) is 79.7 Å². The normalized spacial score (nSPS) is 13.1. The SMILES string of the molecule is COC(=O)CCCn1c(-c2ccc(OC)c(OC)c2)nc2sc3c(c2c1=O)CCCC3. The van der Waals surface area contributed by atoms with Crippen LogP contribution in [-0.4, -0.2) is 36.8 Å². The third-order valence-electron chi connectivity index (χ3n) is 5.71. The maximum absolute atomic E-state index is 13.6. The summed E-state index contributed by atoms with van der Waals surface area (Å²) < 4.78 is 17.2. The largest absolute Gasteiger partial charge is 0.493 e. The van der Waals surface area contributed by atoms with E-state index in [0.29, 0.717) is 30.3 Å². The lowest BCUT2D eigenvalue weighted by Gasteiger charge is -2.15. The van der Waals surface area contributed by atoms with Crippen LogP contribution in [0, 0.1) is 0 Å². The van der Waals surface area contributed by atoms with Crippen molar-refractivity contribution in [1.82, 2.24) is 9.55 Å². The molecule has 0 amide bonds. The summed E-state index contributed by atoms with van der Waals surface area (Å²) in [6, 6.07) is 5.51. The fourth-order valence-electron chi connectivity index (χ4n) is 4.13. The van der Waals surface area contributed by atoms with Crippen molar-refractivity contribution in [3.05, 3.63) is 39.0 Å². The smallest absolute Gasteiger partial charge is 0.305 e. The van der Waals surface area contributed by atoms with Crippen molar-refractivity contribution >= 4 is 27.5 Å². The van der Waals surface area contributed by atoms with Gasteiger partial charge in [0.15, 0.2) is 11.5 Å². The van der Waals surface area contributed by atoms with Gasteiger partial charge in [0.1, 0.15) is 10.7 Å². The molecule has 2 aromatic heterocycles. The summed E-state index contributed by atoms with van der Waals surface area (Å²) in [6.45, 7) is 0.380. The van der Waals surface area contributed by atoms with Crippen molar-refractivity contribution in [1.29, 1.82) is 0 Å². The summed E-state index contributed by atoms with van der Waals surface area (Å²) in [6.07, 6.45) is 4.90. The lowest BCUT2D eigenvalue weighted by atomic mass is 9.97. The van der Waals surface area contributed by atoms with Crippen LogP contribution in [0.3, 0.4) is 0 Å². The van der Waals surface area contributed by atoms with Crippen LogP contribution in [0.1, 0.15) is 36.1 Å². The number of esters is 1. The molecule has 8 heteroatoms. The summed E-state index contributed by atoms with van der Waals surface area (Å²) in [5.41, 5.74) is 1.88. The minimum absolute atomic E-state index is 0.0425. The molecule has 0 N–H and O–H groups in total. The van der Waals surface area contributed by atoms with Gasteiger partial charge in [-0.25, -0.2) is 4.98 Å². The second-order valence-corrected chi connectivity index (χ2v) is 8.62. The average molecular weight is 443 g/mol. The molecule has 1 aliphatic rings. The van der Waals surface area contributed by atoms with E-state index in [2.05, 4.69) is 0 Å². The van der Waals surface area contributed by atoms with Gasteiger partial charge in [-0.15, -0.1) is 11.3 Å². The first-order valence-electron chi connectivity index (χ1n) is 10.4. The number of aryl methyl sites for hydroxylation is 2. The monoisotopic (exact) mass is 442 g/mol. The number of fused-ring (bicyclic) bond motifs is 3. The van der Waals surface area contributed by atoms with E-state index in [9.17, 15) is 9.59 Å². The molecule has 0 unspecified atom stereocenters. The molecule has 0 saturated heterocycles. The fraction of sp³-hybridized carbons (Fsp3) is 0.435. The molecule has 0 spiro atoms. The molecule has 0 aliphatic heterocycles. The Hall–Kier alpha value is -2.87. The first kappa shape index (κ1) is 21.4. The highest BCUT2D eigenvalue weighted by Crippen LogP contribution is 2.36. The van der Waals surface area contributed by atoms with Gasteiger partial charge in [-0.3, -0.25) is 14.2 Å². The number of nitrogens with zero attached hydrogens (tertiary/aromatic N) is 2. The molecule has 164 valence electrons. The van der Waals surface area contributed by atoms with E-state index >= 15 is 0 Å². The van der Waals surface area contributed by atoms with Gasteiger partial charge in [0, 0.05) is 23.4 Å². The van der Waals surface area contributed by atoms with Gasteiger partial charge in [-0.05, 0) is 55.9 Å². The maximum Gasteiger partial charge on any atom is 0.305 e. The van der Waals surface area contributed by atoms with Crippen molar-refractivity contribution in [2.24, 2.45) is 0 Å². The van der Waals surface area contributed by atoms with E-state index in [1.807, 2.05) is 18.2 Å². The molecular weight excluding hydrogens is 416 g/mol. The highest BCUT2D eigenvalue weighted by molar-refractivity contribution is 7.18. The number of ether oxygens (including phenoxy) is 3. The Bertz CT molecular complexity index is 1180. The van der Waals surface area contributed by atoms with Crippen molar-refractivity contribution in [3.63, 3.8) is 0 Å². The Kier molecular flexibility index (Phi) is 6.27. The number of aromatic nitrogens is 2. The van der Waals surface area contributed by atoms with E-state index in [-0.39, 0.29) is 17.9 Å². The number of carbonyl (C=O) groups is 1. The standard InChI is InChI=1S/C23H26N2O5S/c1-28-16-11-10-14(13-17(16)29-2)21-24-22-20(15-7-4-5-8-18(15)31-22)23(27)25(21)12-6-9-19(26)30-3/h10-11,13H,4-9,12H2,1-3H3. The van der Waals surface area contributed by atoms with Crippen LogP contribution >= 0.6 is 11.3 Å². The molecule has 1 aliphatic carbocycles. The molecule has 1 aromatic carbocycles. The molecule has 0 radical (unpaired) electrons. The van der Waals surface area contributed by atoms with Crippen LogP contribution in [0.2, 0.25) is 0 Å². The summed E-state index contributed by atoms with van der Waals surface area (Å²) in [5.74, 6) is 1.46. The van der Waals surface area contributed by atoms with Crippen molar-refractivity contribution < 1.29 is 19.0 Å². The zero-order chi connectivity index (χ0) is 22.0. The molecule has 0 bridgehead atoms. The maximum atomic E-state index is 13.6. The summed E-state index contributed by atoms with van der Waals surface area (Å²) >= 11 is 1.63. The second-order valence-electron chi connectivity index (χ2n) is 7.53. The predicted octanol–water partition coefficient (Wildman–Crippen LogP) is 3.97. The van der Waals surface area contributed by atoms with Crippen molar-refractivity contribution in [3.8, 4) is 22.9 Å². The Morgan fingerprint density at radius 2 is 1.90 bits per heavy atom. The third kappa shape index (κ3) is 4.04. The van der Waals surface area contributed by atoms with Gasteiger partial charge in [0.25, 0.3) is 5.56 Å². The zero-order valence-electron chi connectivity index (χ0n) is 18.0. The average Bonchev–Trinajstić information content (AvgIpc) is 3.18. The number of hydrogen-bond acceptors (Lipinski definition) is 7. The van der Waals surface area contributed by atoms with Crippen LogP contribution < -0.4 is 15.0 Å². The fourth-order valence-corrected chi connectivity index (χ4v) is 5.38. The number of rotatable bonds is 7. The first-order chi connectivity index (χ1) is 15.1. The summed E-state index contributed by atoms with van der Waals surface area (Å²) in [7, 11) is 4.53. The van der Waals surface area contributed by atoms with Gasteiger partial charge < -0.3 is 14.2 Å². The predicted molar refractivity (Wildman–Crippen MR) is 120 cm³/mol. The van der Waals surface area contributed by atoms with Crippen molar-refractivity contribution in [2.45, 2.75) is 45.1 Å². The number of methoxy groups -OCH3 is 3. The van der Waals surface area contributed by atoms with E-state index in [0.717, 1.165) is 47.0 Å². The van der Waals surface area contributed by atoms with Gasteiger partial charge >= 0.3 is 5.97 Å². The molecule has 7 nitrogen and oxygen atoms in total. The molecule has 0 fully saturated rings. The van der Waals surface area contributed by atoms with Crippen molar-refractivity contribution in [2.75, 3.05) is 21.3 Å². The molecule has 31 heavy (non-hydrogen) atoms. The molecule has 2 heterocycles. The van der Waals surface area contributed by atoms with E-state index < -0.39 is 0 Å². The van der Waals surface area contributed by atoms with Crippen LogP contribution in [-0.2, 0) is 28.9 Å². The minimum Gasteiger partial charge on any atom is -0.493 e. The zero-order valence-corrected chi connectivity index (χ0v) is 18.8. The Morgan fingerprint density at radius 1 is 1.13 bits per heavy atom. The highest BCUT2D eigenvalue weighted by Gasteiger charge is 2.23. The number of carbonyl (C=O) groups excluding carboxylic acids is 1. The molecule has 4 rings (SSSR count). The van der Waals surface area contributed by atoms with Gasteiger partial charge in [0.05, 0.1) is 26.7 Å². The highest BCUT2D eigenvalue weighted by atomic mass is 32.1. The van der Waals surface area contributed by atoms with Crippen LogP contribution in [0.15, 0.2) is 23.0 Å². The number of thiophene rings is 1. The molecule has 0 saturated carbocycles. The van der Waals surface area contributed by atoms with Crippen LogP contribution in [0.5, 0.6) is 11.5 Å². The summed E-state index contributed by atoms with van der Waals surface area (Å²) in [4.78, 5) is 32.2. The Balaban J connectivity index is 1.87. The lowest BCUT2D eigenvalue weighted by molar-refractivity contribution is -0.140. The van der Waals surface area contributed by atoms with E-state index in [1.54, 1.807) is 30.1 Å². The minimum atomic E-state index is -0.289. The van der Waals surface area contributed by atoms with Gasteiger partial charge in [0.2, 0.25) is 0 Å². The molecular formula is C23H26N2O5S. The third-order valence-corrected chi connectivity index (χ3v) is 6.89. The first-order valence-corrected chi connectivity index (χ1v) is 11.2. The number of benzene rings is 1. The second kappa shape index (κ2) is 9.09. The van der Waals surface area contributed by atoms with E-state index in [1.165, 1.54) is 12.0 Å². The molecule has 3 aromatic rings. The van der Waals surface area contributed by atoms with Gasteiger partial charge in [-0.2, -0.15) is 0 Å². The summed E-state index contributed by atoms with van der Waals surface area (Å²) in [5, 5.41) is 0.738. The van der Waals surface area contributed by atoms with Gasteiger partial charge in [-0.1, -0.05) is 0 Å². The Morgan fingerprint density at radius 3 is 2.65 bits per heavy atom. The van der Waals surface area contributed by atoms with Crippen LogP contribution in [0.25, 0.3) is 21.6 Å². The quantitative estimate of drug-likeness (QED) is 0.515. The van der Waals surface area contributed by atoms with Crippen LogP contribution in [0.4, 0.5) is 0 Å². The number of hydrogen-bond donors (Lipinski definition) is 0. The van der Waals surface area contributed by atoms with E-state index in [4.69, 9.17) is 19.2 Å². The Labute approximate surface area is 184 Å². The molecule has 0 atom stereocenters.